The summed E-state index contributed by atoms with van der Waals surface area (Å²) in [6.07, 6.45) is 0. The highest BCUT2D eigenvalue weighted by Gasteiger charge is 2.36. The molecule has 0 unspecified atom stereocenters. The molecule has 14 heavy (non-hydrogen) atoms. The number of hydrogen-bond donors (Lipinski definition) is 0. The first-order valence-corrected chi connectivity index (χ1v) is 4.68. The Labute approximate surface area is 78.9 Å². The van der Waals surface area contributed by atoms with Gasteiger partial charge in [0.1, 0.15) is 0 Å². The van der Waals surface area contributed by atoms with E-state index >= 15 is 0 Å². The lowest BCUT2D eigenvalue weighted by Crippen LogP contribution is -2.21. The number of hydrogen-bond acceptors (Lipinski definition) is 3. The summed E-state index contributed by atoms with van der Waals surface area (Å²) in [6, 6.07) is 12.0. The van der Waals surface area contributed by atoms with Crippen LogP contribution in [0.3, 0.4) is 0 Å². The maximum atomic E-state index is 10.7. The molecule has 3 nitrogen and oxygen atoms in total. The Morgan fingerprint density at radius 3 is 1.07 bits per heavy atom. The normalized spacial score (nSPS) is 11.4. The third kappa shape index (κ3) is 5.55. The molecule has 7 heteroatoms. The van der Waals surface area contributed by atoms with Crippen molar-refractivity contribution < 1.29 is 26.1 Å². The molecule has 0 amide bonds. The van der Waals surface area contributed by atoms with E-state index < -0.39 is 15.6 Å². The minimum Gasteiger partial charge on any atom is -0.741 e. The molecule has 1 aromatic carbocycles. The lowest BCUT2D eigenvalue weighted by molar-refractivity contribution is -0.0517. The van der Waals surface area contributed by atoms with Gasteiger partial charge in [-0.3, -0.25) is 0 Å². The maximum Gasteiger partial charge on any atom is 0.485 e. The predicted molar refractivity (Wildman–Crippen MR) is 42.2 cm³/mol. The standard InChI is InChI=1S/C6H6.CHF3O3S/c1-2-4-6-5-3-1;2-1(3,4)8(5,6)7/h1-6H;(H,5,6,7)/p-1. The predicted octanol–water partition coefficient (Wildman–Crippen LogP) is 1.74. The van der Waals surface area contributed by atoms with Crippen LogP contribution < -0.4 is 0 Å². The van der Waals surface area contributed by atoms with Gasteiger partial charge in [-0.2, -0.15) is 13.2 Å². The second kappa shape index (κ2) is 4.97. The number of rotatable bonds is 0. The van der Waals surface area contributed by atoms with Gasteiger partial charge in [0.2, 0.25) is 0 Å². The summed E-state index contributed by atoms with van der Waals surface area (Å²) in [7, 11) is -6.09. The van der Waals surface area contributed by atoms with E-state index in [0.29, 0.717) is 0 Å². The lowest BCUT2D eigenvalue weighted by Gasteiger charge is -2.08. The van der Waals surface area contributed by atoms with E-state index in [9.17, 15) is 13.2 Å². The molecule has 0 aliphatic rings. The molecule has 0 fully saturated rings. The highest BCUT2D eigenvalue weighted by molar-refractivity contribution is 7.86. The molecule has 0 saturated carbocycles. The zero-order valence-corrected chi connectivity index (χ0v) is 7.55. The number of benzene rings is 1. The SMILES string of the molecule is O=S(=O)([O-])C(F)(F)F.c1ccccc1. The molecule has 0 saturated heterocycles. The van der Waals surface area contributed by atoms with Gasteiger partial charge in [-0.25, -0.2) is 8.42 Å². The topological polar surface area (TPSA) is 57.2 Å². The largest absolute Gasteiger partial charge is 0.741 e. The first-order valence-electron chi connectivity index (χ1n) is 3.27. The summed E-state index contributed by atoms with van der Waals surface area (Å²) in [5.41, 5.74) is -5.65. The van der Waals surface area contributed by atoms with E-state index in [1.807, 2.05) is 36.4 Å². The Kier molecular flexibility index (Phi) is 4.58. The van der Waals surface area contributed by atoms with Crippen molar-refractivity contribution in [2.75, 3.05) is 0 Å². The third-order valence-corrected chi connectivity index (χ3v) is 1.52. The van der Waals surface area contributed by atoms with Crippen LogP contribution in [-0.4, -0.2) is 18.5 Å². The fourth-order valence-corrected chi connectivity index (χ4v) is 0.385. The summed E-state index contributed by atoms with van der Waals surface area (Å²) in [6.45, 7) is 0. The summed E-state index contributed by atoms with van der Waals surface area (Å²) in [5.74, 6) is 0. The lowest BCUT2D eigenvalue weighted by atomic mass is 10.4. The fourth-order valence-electron chi connectivity index (χ4n) is 0.385. The van der Waals surface area contributed by atoms with Gasteiger partial charge in [-0.1, -0.05) is 36.4 Å². The Bertz CT molecular complexity index is 317. The van der Waals surface area contributed by atoms with Crippen molar-refractivity contribution in [2.24, 2.45) is 0 Å². The number of alkyl halides is 3. The van der Waals surface area contributed by atoms with Crippen LogP contribution in [0.15, 0.2) is 36.4 Å². The Morgan fingerprint density at radius 2 is 1.00 bits per heavy atom. The molecule has 0 atom stereocenters. The zero-order chi connectivity index (χ0) is 11.2. The smallest absolute Gasteiger partial charge is 0.485 e. The van der Waals surface area contributed by atoms with Gasteiger partial charge in [0.25, 0.3) is 0 Å². The van der Waals surface area contributed by atoms with Gasteiger partial charge in [-0.15, -0.1) is 0 Å². The molecule has 0 aliphatic heterocycles. The van der Waals surface area contributed by atoms with E-state index in [0.717, 1.165) is 0 Å². The highest BCUT2D eigenvalue weighted by atomic mass is 32.2. The van der Waals surface area contributed by atoms with Crippen molar-refractivity contribution in [1.29, 1.82) is 0 Å². The molecule has 0 N–H and O–H groups in total. The third-order valence-electron chi connectivity index (χ3n) is 0.950. The molecule has 0 radical (unpaired) electrons. The van der Waals surface area contributed by atoms with E-state index in [4.69, 9.17) is 13.0 Å². The molecule has 1 aromatic rings. The van der Waals surface area contributed by atoms with Crippen molar-refractivity contribution >= 4 is 10.1 Å². The van der Waals surface area contributed by atoms with Gasteiger partial charge in [0, 0.05) is 0 Å². The summed E-state index contributed by atoms with van der Waals surface area (Å²) in [5, 5.41) is 0. The quantitative estimate of drug-likeness (QED) is 0.501. The van der Waals surface area contributed by atoms with Crippen molar-refractivity contribution in [2.45, 2.75) is 5.51 Å². The van der Waals surface area contributed by atoms with Crippen molar-refractivity contribution in [1.82, 2.24) is 0 Å². The highest BCUT2D eigenvalue weighted by Crippen LogP contribution is 2.20. The molecular weight excluding hydrogens is 221 g/mol. The molecule has 0 aliphatic carbocycles. The Hall–Kier alpha value is -1.08. The Balaban J connectivity index is 0.000000249. The average Bonchev–Trinajstić information content (AvgIpc) is 2.05. The fraction of sp³-hybridized carbons (Fsp3) is 0.143. The van der Waals surface area contributed by atoms with Gasteiger partial charge in [-0.05, 0) is 0 Å². The van der Waals surface area contributed by atoms with Crippen LogP contribution >= 0.6 is 0 Å². The maximum absolute atomic E-state index is 10.7. The van der Waals surface area contributed by atoms with Crippen LogP contribution in [0.4, 0.5) is 13.2 Å². The molecule has 80 valence electrons. The second-order valence-electron chi connectivity index (χ2n) is 2.05. The monoisotopic (exact) mass is 227 g/mol. The van der Waals surface area contributed by atoms with E-state index in [2.05, 4.69) is 0 Å². The molecular formula is C7H6F3O3S-. The molecule has 0 spiro atoms. The number of halogens is 3. The summed E-state index contributed by atoms with van der Waals surface area (Å²) < 4.78 is 58.9. The van der Waals surface area contributed by atoms with Crippen molar-refractivity contribution in [3.63, 3.8) is 0 Å². The Morgan fingerprint density at radius 1 is 0.857 bits per heavy atom. The van der Waals surface area contributed by atoms with E-state index in [-0.39, 0.29) is 0 Å². The van der Waals surface area contributed by atoms with Crippen LogP contribution in [0.5, 0.6) is 0 Å². The molecule has 0 heterocycles. The van der Waals surface area contributed by atoms with E-state index in [1.165, 1.54) is 0 Å². The summed E-state index contributed by atoms with van der Waals surface area (Å²) >= 11 is 0. The first-order chi connectivity index (χ1) is 6.25. The second-order valence-corrected chi connectivity index (χ2v) is 3.43. The van der Waals surface area contributed by atoms with Gasteiger partial charge in [0.15, 0.2) is 10.1 Å². The minimum atomic E-state index is -6.09. The van der Waals surface area contributed by atoms with Crippen LogP contribution in [0.1, 0.15) is 0 Å². The van der Waals surface area contributed by atoms with E-state index in [1.54, 1.807) is 0 Å². The summed E-state index contributed by atoms with van der Waals surface area (Å²) in [4.78, 5) is 0. The van der Waals surface area contributed by atoms with Crippen molar-refractivity contribution in [3.05, 3.63) is 36.4 Å². The van der Waals surface area contributed by atoms with Crippen molar-refractivity contribution in [3.8, 4) is 0 Å². The van der Waals surface area contributed by atoms with Gasteiger partial charge < -0.3 is 4.55 Å². The first kappa shape index (κ1) is 12.9. The van der Waals surface area contributed by atoms with Crippen LogP contribution in [0.2, 0.25) is 0 Å². The van der Waals surface area contributed by atoms with Gasteiger partial charge in [0.05, 0.1) is 0 Å². The van der Waals surface area contributed by atoms with Crippen LogP contribution in [0, 0.1) is 0 Å². The van der Waals surface area contributed by atoms with Crippen LogP contribution in [-0.2, 0) is 10.1 Å². The molecule has 0 aromatic heterocycles. The van der Waals surface area contributed by atoms with Crippen LogP contribution in [0.25, 0.3) is 0 Å². The zero-order valence-electron chi connectivity index (χ0n) is 6.73. The molecule has 1 rings (SSSR count). The molecule has 0 bridgehead atoms. The van der Waals surface area contributed by atoms with Gasteiger partial charge >= 0.3 is 5.51 Å². The average molecular weight is 227 g/mol. The minimum absolute atomic E-state index is 2.00.